The largest absolute Gasteiger partial charge is 0.481 e. The highest BCUT2D eigenvalue weighted by molar-refractivity contribution is 5.86. The second kappa shape index (κ2) is 7.42. The topological polar surface area (TPSA) is 104 Å². The van der Waals surface area contributed by atoms with Crippen molar-refractivity contribution in [2.24, 2.45) is 5.92 Å². The maximum Gasteiger partial charge on any atom is 0.322 e. The molecule has 0 aliphatic rings. The van der Waals surface area contributed by atoms with Gasteiger partial charge in [0.25, 0.3) is 0 Å². The van der Waals surface area contributed by atoms with Gasteiger partial charge in [0.15, 0.2) is 0 Å². The molecule has 21 heavy (non-hydrogen) atoms. The number of carbonyl (C=O) groups is 3. The zero-order valence-electron chi connectivity index (χ0n) is 12.0. The predicted molar refractivity (Wildman–Crippen MR) is 76.0 cm³/mol. The zero-order chi connectivity index (χ0) is 16.0. The summed E-state index contributed by atoms with van der Waals surface area (Å²) in [5.41, 5.74) is 1.64. The van der Waals surface area contributed by atoms with Gasteiger partial charge in [-0.2, -0.15) is 0 Å². The van der Waals surface area contributed by atoms with Crippen LogP contribution in [0.4, 0.5) is 0 Å². The molecular formula is C15H19NO5. The Morgan fingerprint density at radius 3 is 2.14 bits per heavy atom. The normalized spacial score (nSPS) is 13.2. The van der Waals surface area contributed by atoms with Crippen molar-refractivity contribution in [2.45, 2.75) is 26.2 Å². The molecule has 6 nitrogen and oxygen atoms in total. The Bertz CT molecular complexity index is 523. The monoisotopic (exact) mass is 293 g/mol. The molecule has 0 heterocycles. The Morgan fingerprint density at radius 2 is 1.67 bits per heavy atom. The van der Waals surface area contributed by atoms with Gasteiger partial charge in [-0.3, -0.25) is 14.4 Å². The molecule has 0 fully saturated rings. The molecule has 3 N–H and O–H groups in total. The predicted octanol–water partition coefficient (Wildman–Crippen LogP) is 1.25. The lowest BCUT2D eigenvalue weighted by Crippen LogP contribution is -2.32. The first kappa shape index (κ1) is 16.7. The standard InChI is InChI=1S/C15H19NO5/c1-9(15(20)21)7-11-3-5-12(6-4-11)10(2)14(19)16-8-13(17)18/h3-6,9-10H,7-8H2,1-2H3,(H,16,19)(H,17,18)(H,20,21). The van der Waals surface area contributed by atoms with Crippen LogP contribution in [0.3, 0.4) is 0 Å². The van der Waals surface area contributed by atoms with Gasteiger partial charge in [-0.15, -0.1) is 0 Å². The molecule has 0 aromatic heterocycles. The van der Waals surface area contributed by atoms with Crippen molar-refractivity contribution in [1.82, 2.24) is 5.32 Å². The summed E-state index contributed by atoms with van der Waals surface area (Å²) in [6, 6.07) is 7.09. The fraction of sp³-hybridized carbons (Fsp3) is 0.400. The van der Waals surface area contributed by atoms with Crippen molar-refractivity contribution >= 4 is 17.8 Å². The van der Waals surface area contributed by atoms with Crippen molar-refractivity contribution in [3.05, 3.63) is 35.4 Å². The van der Waals surface area contributed by atoms with Gasteiger partial charge < -0.3 is 15.5 Å². The summed E-state index contributed by atoms with van der Waals surface area (Å²) >= 11 is 0. The molecule has 114 valence electrons. The average Bonchev–Trinajstić information content (AvgIpc) is 2.44. The van der Waals surface area contributed by atoms with E-state index in [1.807, 2.05) is 0 Å². The quantitative estimate of drug-likeness (QED) is 0.702. The van der Waals surface area contributed by atoms with Crippen LogP contribution in [0.5, 0.6) is 0 Å². The molecular weight excluding hydrogens is 274 g/mol. The molecule has 0 radical (unpaired) electrons. The number of benzene rings is 1. The van der Waals surface area contributed by atoms with Gasteiger partial charge in [0.1, 0.15) is 6.54 Å². The molecule has 0 spiro atoms. The van der Waals surface area contributed by atoms with Crippen LogP contribution < -0.4 is 5.32 Å². The zero-order valence-corrected chi connectivity index (χ0v) is 12.0. The molecule has 1 aromatic rings. The summed E-state index contributed by atoms with van der Waals surface area (Å²) in [4.78, 5) is 32.9. The summed E-state index contributed by atoms with van der Waals surface area (Å²) < 4.78 is 0. The highest BCUT2D eigenvalue weighted by Gasteiger charge is 2.16. The Morgan fingerprint density at radius 1 is 1.10 bits per heavy atom. The molecule has 0 saturated heterocycles. The molecule has 2 atom stereocenters. The minimum Gasteiger partial charge on any atom is -0.481 e. The third-order valence-electron chi connectivity index (χ3n) is 3.25. The lowest BCUT2D eigenvalue weighted by atomic mass is 9.96. The Hall–Kier alpha value is -2.37. The molecule has 0 bridgehead atoms. The minimum absolute atomic E-state index is 0.357. The molecule has 6 heteroatoms. The Balaban J connectivity index is 2.66. The number of carboxylic acid groups (broad SMARTS) is 2. The van der Waals surface area contributed by atoms with Crippen molar-refractivity contribution in [3.8, 4) is 0 Å². The van der Waals surface area contributed by atoms with Crippen LogP contribution in [0.25, 0.3) is 0 Å². The van der Waals surface area contributed by atoms with Crippen LogP contribution in [0, 0.1) is 5.92 Å². The molecule has 1 amide bonds. The number of nitrogens with one attached hydrogen (secondary N) is 1. The lowest BCUT2D eigenvalue weighted by Gasteiger charge is -2.13. The van der Waals surface area contributed by atoms with Crippen LogP contribution in [0.1, 0.15) is 30.9 Å². The summed E-state index contributed by atoms with van der Waals surface area (Å²) in [7, 11) is 0. The number of carboxylic acids is 2. The average molecular weight is 293 g/mol. The van der Waals surface area contributed by atoms with Gasteiger partial charge in [0.2, 0.25) is 5.91 Å². The fourth-order valence-electron chi connectivity index (χ4n) is 1.85. The van der Waals surface area contributed by atoms with E-state index in [1.54, 1.807) is 38.1 Å². The number of rotatable bonds is 7. The van der Waals surface area contributed by atoms with Gasteiger partial charge in [-0.05, 0) is 24.5 Å². The smallest absolute Gasteiger partial charge is 0.322 e. The van der Waals surface area contributed by atoms with Crippen molar-refractivity contribution in [3.63, 3.8) is 0 Å². The van der Waals surface area contributed by atoms with Crippen LogP contribution in [0.2, 0.25) is 0 Å². The van der Waals surface area contributed by atoms with Gasteiger partial charge in [0, 0.05) is 0 Å². The lowest BCUT2D eigenvalue weighted by molar-refractivity contribution is -0.141. The van der Waals surface area contributed by atoms with E-state index < -0.39 is 30.3 Å². The molecule has 1 aromatic carbocycles. The minimum atomic E-state index is -1.09. The van der Waals surface area contributed by atoms with E-state index in [1.165, 1.54) is 0 Å². The SMILES string of the molecule is CC(Cc1ccc(C(C)C(=O)NCC(=O)O)cc1)C(=O)O. The Labute approximate surface area is 122 Å². The van der Waals surface area contributed by atoms with E-state index in [2.05, 4.69) is 5.32 Å². The molecule has 2 unspecified atom stereocenters. The third kappa shape index (κ3) is 5.25. The van der Waals surface area contributed by atoms with Crippen LogP contribution >= 0.6 is 0 Å². The molecule has 0 saturated carbocycles. The molecule has 0 aliphatic carbocycles. The molecule has 1 rings (SSSR count). The second-order valence-corrected chi connectivity index (χ2v) is 5.02. The molecule has 0 aliphatic heterocycles. The van der Waals surface area contributed by atoms with E-state index >= 15 is 0 Å². The maximum absolute atomic E-state index is 11.7. The summed E-state index contributed by atoms with van der Waals surface area (Å²) in [5, 5.41) is 19.7. The van der Waals surface area contributed by atoms with Crippen molar-refractivity contribution in [2.75, 3.05) is 6.54 Å². The second-order valence-electron chi connectivity index (χ2n) is 5.02. The first-order valence-corrected chi connectivity index (χ1v) is 6.62. The van der Waals surface area contributed by atoms with E-state index in [0.717, 1.165) is 11.1 Å². The number of amides is 1. The third-order valence-corrected chi connectivity index (χ3v) is 3.25. The number of aliphatic carboxylic acids is 2. The van der Waals surface area contributed by atoms with Crippen LogP contribution in [-0.4, -0.2) is 34.6 Å². The van der Waals surface area contributed by atoms with E-state index in [9.17, 15) is 14.4 Å². The number of carbonyl (C=O) groups excluding carboxylic acids is 1. The van der Waals surface area contributed by atoms with Crippen LogP contribution in [0.15, 0.2) is 24.3 Å². The first-order valence-electron chi connectivity index (χ1n) is 6.62. The van der Waals surface area contributed by atoms with Crippen LogP contribution in [-0.2, 0) is 20.8 Å². The fourth-order valence-corrected chi connectivity index (χ4v) is 1.85. The van der Waals surface area contributed by atoms with E-state index in [0.29, 0.717) is 6.42 Å². The van der Waals surface area contributed by atoms with Crippen molar-refractivity contribution < 1.29 is 24.6 Å². The number of hydrogen-bond acceptors (Lipinski definition) is 3. The Kier molecular flexibility index (Phi) is 5.90. The summed E-state index contributed by atoms with van der Waals surface area (Å²) in [5.74, 6) is -3.22. The summed E-state index contributed by atoms with van der Waals surface area (Å²) in [6.07, 6.45) is 0.426. The maximum atomic E-state index is 11.7. The summed E-state index contributed by atoms with van der Waals surface area (Å²) in [6.45, 7) is 2.92. The first-order chi connectivity index (χ1) is 9.81. The van der Waals surface area contributed by atoms with E-state index in [4.69, 9.17) is 10.2 Å². The number of hydrogen-bond donors (Lipinski definition) is 3. The highest BCUT2D eigenvalue weighted by atomic mass is 16.4. The van der Waals surface area contributed by atoms with Crippen molar-refractivity contribution in [1.29, 1.82) is 0 Å². The van der Waals surface area contributed by atoms with Gasteiger partial charge in [-0.25, -0.2) is 0 Å². The van der Waals surface area contributed by atoms with Gasteiger partial charge >= 0.3 is 11.9 Å². The van der Waals surface area contributed by atoms with Gasteiger partial charge in [0.05, 0.1) is 11.8 Å². The highest BCUT2D eigenvalue weighted by Crippen LogP contribution is 2.17. The van der Waals surface area contributed by atoms with E-state index in [-0.39, 0.29) is 5.91 Å². The van der Waals surface area contributed by atoms with Gasteiger partial charge in [-0.1, -0.05) is 31.2 Å².